The predicted molar refractivity (Wildman–Crippen MR) is 86.3 cm³/mol. The molecule has 130 valence electrons. The van der Waals surface area contributed by atoms with Crippen LogP contribution >= 0.6 is 0 Å². The number of carbonyl (C=O) groups is 3. The summed E-state index contributed by atoms with van der Waals surface area (Å²) < 4.78 is 22.2. The number of hydrogen-bond donors (Lipinski definition) is 1. The maximum Gasteiger partial charge on any atom is 0.338 e. The van der Waals surface area contributed by atoms with Crippen LogP contribution in [-0.4, -0.2) is 31.6 Å². The number of benzene rings is 2. The van der Waals surface area contributed by atoms with Crippen molar-refractivity contribution in [3.63, 3.8) is 0 Å². The monoisotopic (exact) mass is 345 g/mol. The summed E-state index contributed by atoms with van der Waals surface area (Å²) in [5.74, 6) is -2.10. The molecular formula is C18H16FNO5. The molecule has 0 heterocycles. The Labute approximate surface area is 143 Å². The lowest BCUT2D eigenvalue weighted by Gasteiger charge is -2.07. The zero-order chi connectivity index (χ0) is 18.2. The summed E-state index contributed by atoms with van der Waals surface area (Å²) in [4.78, 5) is 34.7. The minimum absolute atomic E-state index is 0.160. The molecule has 0 aromatic heterocycles. The lowest BCUT2D eigenvalue weighted by molar-refractivity contribution is -0.124. The number of amides is 1. The van der Waals surface area contributed by atoms with E-state index in [1.807, 2.05) is 0 Å². The van der Waals surface area contributed by atoms with Gasteiger partial charge in [-0.15, -0.1) is 0 Å². The van der Waals surface area contributed by atoms with E-state index in [0.717, 1.165) is 17.7 Å². The maximum atomic E-state index is 12.8. The molecule has 0 saturated carbocycles. The van der Waals surface area contributed by atoms with Gasteiger partial charge in [0.15, 0.2) is 6.61 Å². The number of esters is 2. The zero-order valence-electron chi connectivity index (χ0n) is 13.5. The standard InChI is InChI=1S/C18H16FNO5/c1-24-17(22)13-4-2-12(3-5-13)10-20-16(21)11-25-18(23)14-6-8-15(19)9-7-14/h2-9H,10-11H2,1H3,(H,20,21). The van der Waals surface area contributed by atoms with Gasteiger partial charge < -0.3 is 14.8 Å². The van der Waals surface area contributed by atoms with E-state index in [0.29, 0.717) is 5.56 Å². The lowest BCUT2D eigenvalue weighted by atomic mass is 10.1. The Morgan fingerprint density at radius 2 is 1.48 bits per heavy atom. The van der Waals surface area contributed by atoms with Crippen LogP contribution in [0.2, 0.25) is 0 Å². The van der Waals surface area contributed by atoms with E-state index in [1.165, 1.54) is 19.2 Å². The molecule has 0 unspecified atom stereocenters. The SMILES string of the molecule is COC(=O)c1ccc(CNC(=O)COC(=O)c2ccc(F)cc2)cc1. The fourth-order valence-corrected chi connectivity index (χ4v) is 1.93. The van der Waals surface area contributed by atoms with Crippen LogP contribution < -0.4 is 5.32 Å². The molecule has 2 aromatic carbocycles. The van der Waals surface area contributed by atoms with Crippen LogP contribution in [0.15, 0.2) is 48.5 Å². The minimum atomic E-state index is -0.711. The largest absolute Gasteiger partial charge is 0.465 e. The van der Waals surface area contributed by atoms with Crippen molar-refractivity contribution >= 4 is 17.8 Å². The fraction of sp³-hybridized carbons (Fsp3) is 0.167. The van der Waals surface area contributed by atoms with Crippen LogP contribution in [0, 0.1) is 5.82 Å². The summed E-state index contributed by atoms with van der Waals surface area (Å²) in [5.41, 5.74) is 1.34. The van der Waals surface area contributed by atoms with Gasteiger partial charge in [-0.25, -0.2) is 14.0 Å². The molecule has 0 saturated heterocycles. The molecule has 2 aromatic rings. The molecule has 0 spiro atoms. The highest BCUT2D eigenvalue weighted by molar-refractivity contribution is 5.91. The lowest BCUT2D eigenvalue weighted by Crippen LogP contribution is -2.28. The van der Waals surface area contributed by atoms with E-state index in [1.54, 1.807) is 24.3 Å². The van der Waals surface area contributed by atoms with Gasteiger partial charge in [0, 0.05) is 6.54 Å². The first kappa shape index (κ1) is 18.1. The van der Waals surface area contributed by atoms with Crippen molar-refractivity contribution in [1.82, 2.24) is 5.32 Å². The van der Waals surface area contributed by atoms with E-state index >= 15 is 0 Å². The quantitative estimate of drug-likeness (QED) is 0.811. The smallest absolute Gasteiger partial charge is 0.338 e. The second-order valence-corrected chi connectivity index (χ2v) is 5.05. The van der Waals surface area contributed by atoms with Crippen LogP contribution in [0.25, 0.3) is 0 Å². The van der Waals surface area contributed by atoms with E-state index in [-0.39, 0.29) is 12.1 Å². The van der Waals surface area contributed by atoms with Crippen LogP contribution in [0.4, 0.5) is 4.39 Å². The molecule has 0 radical (unpaired) electrons. The number of carbonyl (C=O) groups excluding carboxylic acids is 3. The van der Waals surface area contributed by atoms with Gasteiger partial charge in [0.05, 0.1) is 18.2 Å². The van der Waals surface area contributed by atoms with Gasteiger partial charge in [0.1, 0.15) is 5.82 Å². The van der Waals surface area contributed by atoms with Crippen molar-refractivity contribution in [1.29, 1.82) is 0 Å². The molecule has 0 bridgehead atoms. The summed E-state index contributed by atoms with van der Waals surface area (Å²) >= 11 is 0. The second kappa shape index (κ2) is 8.58. The van der Waals surface area contributed by atoms with Gasteiger partial charge in [-0.05, 0) is 42.0 Å². The third-order valence-electron chi connectivity index (χ3n) is 3.28. The number of halogens is 1. The van der Waals surface area contributed by atoms with E-state index < -0.39 is 30.3 Å². The Kier molecular flexibility index (Phi) is 6.22. The molecule has 6 nitrogen and oxygen atoms in total. The Hall–Kier alpha value is -3.22. The average molecular weight is 345 g/mol. The fourth-order valence-electron chi connectivity index (χ4n) is 1.93. The van der Waals surface area contributed by atoms with Crippen molar-refractivity contribution in [3.05, 3.63) is 71.0 Å². The summed E-state index contributed by atoms with van der Waals surface area (Å²) in [7, 11) is 1.30. The average Bonchev–Trinajstić information content (AvgIpc) is 2.64. The van der Waals surface area contributed by atoms with Crippen molar-refractivity contribution in [2.24, 2.45) is 0 Å². The van der Waals surface area contributed by atoms with Gasteiger partial charge in [0.25, 0.3) is 5.91 Å². The van der Waals surface area contributed by atoms with Gasteiger partial charge >= 0.3 is 11.9 Å². The van der Waals surface area contributed by atoms with E-state index in [2.05, 4.69) is 10.1 Å². The van der Waals surface area contributed by atoms with Crippen molar-refractivity contribution in [2.75, 3.05) is 13.7 Å². The number of ether oxygens (including phenoxy) is 2. The molecule has 0 fully saturated rings. The summed E-state index contributed by atoms with van der Waals surface area (Å²) in [6.45, 7) is -0.231. The zero-order valence-corrected chi connectivity index (χ0v) is 13.5. The Morgan fingerprint density at radius 1 is 0.920 bits per heavy atom. The number of nitrogens with one attached hydrogen (secondary N) is 1. The van der Waals surface area contributed by atoms with Crippen LogP contribution in [-0.2, 0) is 20.8 Å². The van der Waals surface area contributed by atoms with Crippen molar-refractivity contribution < 1.29 is 28.2 Å². The highest BCUT2D eigenvalue weighted by atomic mass is 19.1. The minimum Gasteiger partial charge on any atom is -0.465 e. The maximum absolute atomic E-state index is 12.8. The van der Waals surface area contributed by atoms with Crippen LogP contribution in [0.1, 0.15) is 26.3 Å². The summed E-state index contributed by atoms with van der Waals surface area (Å²) in [6, 6.07) is 11.3. The molecule has 1 N–H and O–H groups in total. The normalized spacial score (nSPS) is 10.0. The summed E-state index contributed by atoms with van der Waals surface area (Å²) in [5, 5.41) is 2.59. The first-order chi connectivity index (χ1) is 12.0. The first-order valence-electron chi connectivity index (χ1n) is 7.36. The van der Waals surface area contributed by atoms with Crippen LogP contribution in [0.5, 0.6) is 0 Å². The van der Waals surface area contributed by atoms with Crippen molar-refractivity contribution in [3.8, 4) is 0 Å². The van der Waals surface area contributed by atoms with Crippen LogP contribution in [0.3, 0.4) is 0 Å². The number of hydrogen-bond acceptors (Lipinski definition) is 5. The molecule has 2 rings (SSSR count). The number of rotatable bonds is 6. The molecule has 1 amide bonds. The second-order valence-electron chi connectivity index (χ2n) is 5.05. The highest BCUT2D eigenvalue weighted by Gasteiger charge is 2.10. The third-order valence-corrected chi connectivity index (χ3v) is 3.28. The topological polar surface area (TPSA) is 81.7 Å². The van der Waals surface area contributed by atoms with Gasteiger partial charge in [0.2, 0.25) is 0 Å². The Bertz CT molecular complexity index is 756. The third kappa shape index (κ3) is 5.42. The molecule has 25 heavy (non-hydrogen) atoms. The molecule has 0 aliphatic rings. The Balaban J connectivity index is 1.77. The van der Waals surface area contributed by atoms with Crippen molar-refractivity contribution in [2.45, 2.75) is 6.54 Å². The molecule has 0 atom stereocenters. The van der Waals surface area contributed by atoms with Gasteiger partial charge in [-0.3, -0.25) is 4.79 Å². The molecule has 0 aliphatic carbocycles. The highest BCUT2D eigenvalue weighted by Crippen LogP contribution is 2.06. The van der Waals surface area contributed by atoms with Gasteiger partial charge in [-0.1, -0.05) is 12.1 Å². The molecular weight excluding hydrogens is 329 g/mol. The molecule has 7 heteroatoms. The molecule has 0 aliphatic heterocycles. The predicted octanol–water partition coefficient (Wildman–Crippen LogP) is 2.09. The van der Waals surface area contributed by atoms with Gasteiger partial charge in [-0.2, -0.15) is 0 Å². The van der Waals surface area contributed by atoms with E-state index in [9.17, 15) is 18.8 Å². The summed E-state index contributed by atoms with van der Waals surface area (Å²) in [6.07, 6.45) is 0. The number of methoxy groups -OCH3 is 1. The first-order valence-corrected chi connectivity index (χ1v) is 7.36. The van der Waals surface area contributed by atoms with E-state index in [4.69, 9.17) is 4.74 Å². The Morgan fingerprint density at radius 3 is 2.08 bits per heavy atom.